The third-order valence-corrected chi connectivity index (χ3v) is 6.70. The summed E-state index contributed by atoms with van der Waals surface area (Å²) in [4.78, 5) is 2.36. The maximum Gasteiger partial charge on any atom is 0.0698 e. The molecule has 6 nitrogen and oxygen atoms in total. The average Bonchev–Trinajstić information content (AvgIpc) is 3.14. The highest BCUT2D eigenvalue weighted by molar-refractivity contribution is 5.22. The molecule has 2 heterocycles. The lowest BCUT2D eigenvalue weighted by Crippen LogP contribution is -2.39. The number of likely N-dealkylation sites (N-methyl/N-ethyl adjacent to an activating group) is 2. The summed E-state index contributed by atoms with van der Waals surface area (Å²) in [5, 5.41) is 11.0. The van der Waals surface area contributed by atoms with Crippen LogP contribution in [0.5, 0.6) is 0 Å². The summed E-state index contributed by atoms with van der Waals surface area (Å²) in [6.07, 6.45) is 8.13. The number of aromatic amines is 1. The SMILES string of the molecule is CNCCN(C)Cc1c[nH]nc1C1CCC(C)(C)[C@H](OCC2CCOCC2)C1. The van der Waals surface area contributed by atoms with Crippen molar-refractivity contribution >= 4 is 0 Å². The van der Waals surface area contributed by atoms with Crippen molar-refractivity contribution in [2.45, 2.75) is 64.5 Å². The first-order valence-corrected chi connectivity index (χ1v) is 11.0. The van der Waals surface area contributed by atoms with Crippen LogP contribution >= 0.6 is 0 Å². The molecule has 0 aromatic carbocycles. The molecule has 28 heavy (non-hydrogen) atoms. The van der Waals surface area contributed by atoms with Crippen LogP contribution in [0.1, 0.15) is 63.1 Å². The molecule has 3 rings (SSSR count). The molecule has 0 bridgehead atoms. The zero-order valence-corrected chi connectivity index (χ0v) is 18.3. The number of ether oxygens (including phenoxy) is 2. The molecule has 2 aliphatic rings. The van der Waals surface area contributed by atoms with Crippen LogP contribution < -0.4 is 5.32 Å². The van der Waals surface area contributed by atoms with E-state index in [0.29, 0.717) is 17.9 Å². The quantitative estimate of drug-likeness (QED) is 0.676. The molecule has 1 aliphatic heterocycles. The van der Waals surface area contributed by atoms with Gasteiger partial charge in [0.1, 0.15) is 0 Å². The number of nitrogens with zero attached hydrogens (tertiary/aromatic N) is 2. The Morgan fingerprint density at radius 3 is 2.86 bits per heavy atom. The van der Waals surface area contributed by atoms with Crippen LogP contribution in [0.4, 0.5) is 0 Å². The molecular formula is C22H40N4O2. The van der Waals surface area contributed by atoms with Gasteiger partial charge in [0.15, 0.2) is 0 Å². The highest BCUT2D eigenvalue weighted by Crippen LogP contribution is 2.44. The predicted octanol–water partition coefficient (Wildman–Crippen LogP) is 3.17. The summed E-state index contributed by atoms with van der Waals surface area (Å²) in [6, 6.07) is 0. The number of hydrogen-bond donors (Lipinski definition) is 2. The lowest BCUT2D eigenvalue weighted by Gasteiger charge is -2.42. The van der Waals surface area contributed by atoms with Crippen LogP contribution in [-0.4, -0.2) is 68.2 Å². The molecule has 2 atom stereocenters. The summed E-state index contributed by atoms with van der Waals surface area (Å²) < 4.78 is 12.0. The van der Waals surface area contributed by atoms with Gasteiger partial charge < -0.3 is 19.7 Å². The molecule has 1 aromatic heterocycles. The van der Waals surface area contributed by atoms with E-state index in [2.05, 4.69) is 47.5 Å². The number of rotatable bonds is 9. The Morgan fingerprint density at radius 1 is 1.32 bits per heavy atom. The second-order valence-corrected chi connectivity index (χ2v) is 9.47. The van der Waals surface area contributed by atoms with Crippen molar-refractivity contribution < 1.29 is 9.47 Å². The molecule has 1 aromatic rings. The zero-order valence-electron chi connectivity index (χ0n) is 18.3. The fourth-order valence-corrected chi connectivity index (χ4v) is 4.59. The Labute approximate surface area is 170 Å². The molecule has 0 radical (unpaired) electrons. The third-order valence-electron chi connectivity index (χ3n) is 6.70. The van der Waals surface area contributed by atoms with Crippen LogP contribution in [0.15, 0.2) is 6.20 Å². The van der Waals surface area contributed by atoms with E-state index in [0.717, 1.165) is 58.7 Å². The van der Waals surface area contributed by atoms with E-state index in [-0.39, 0.29) is 5.41 Å². The standard InChI is InChI=1S/C22H40N4O2/c1-22(2)8-5-18(13-20(22)28-16-17-6-11-27-12-7-17)21-19(14-24-25-21)15-26(4)10-9-23-3/h14,17-18,20,23H,5-13,15-16H2,1-4H3,(H,24,25)/t18?,20-/m1/s1. The molecular weight excluding hydrogens is 352 g/mol. The Balaban J connectivity index is 1.59. The van der Waals surface area contributed by atoms with E-state index < -0.39 is 0 Å². The Bertz CT molecular complexity index is 583. The Morgan fingerprint density at radius 2 is 2.11 bits per heavy atom. The van der Waals surface area contributed by atoms with Crippen LogP contribution in [0.2, 0.25) is 0 Å². The Hall–Kier alpha value is -0.950. The lowest BCUT2D eigenvalue weighted by atomic mass is 9.69. The van der Waals surface area contributed by atoms with Gasteiger partial charge in [0.05, 0.1) is 11.8 Å². The molecule has 6 heteroatoms. The lowest BCUT2D eigenvalue weighted by molar-refractivity contribution is -0.0797. The van der Waals surface area contributed by atoms with Gasteiger partial charge in [-0.2, -0.15) is 5.10 Å². The van der Waals surface area contributed by atoms with Crippen molar-refractivity contribution in [2.24, 2.45) is 11.3 Å². The minimum Gasteiger partial charge on any atom is -0.381 e. The summed E-state index contributed by atoms with van der Waals surface area (Å²) in [7, 11) is 4.18. The molecule has 1 unspecified atom stereocenters. The smallest absolute Gasteiger partial charge is 0.0698 e. The fraction of sp³-hybridized carbons (Fsp3) is 0.864. The van der Waals surface area contributed by atoms with Gasteiger partial charge in [-0.25, -0.2) is 0 Å². The van der Waals surface area contributed by atoms with Crippen LogP contribution in [0.25, 0.3) is 0 Å². The number of aromatic nitrogens is 2. The third kappa shape index (κ3) is 5.78. The highest BCUT2D eigenvalue weighted by atomic mass is 16.5. The van der Waals surface area contributed by atoms with Gasteiger partial charge in [-0.05, 0) is 57.5 Å². The molecule has 1 saturated carbocycles. The molecule has 2 fully saturated rings. The normalized spacial score (nSPS) is 26.0. The van der Waals surface area contributed by atoms with Gasteiger partial charge >= 0.3 is 0 Å². The van der Waals surface area contributed by atoms with Crippen LogP contribution in [0.3, 0.4) is 0 Å². The first kappa shape index (κ1) is 21.8. The van der Waals surface area contributed by atoms with Gasteiger partial charge in [-0.15, -0.1) is 0 Å². The molecule has 160 valence electrons. The van der Waals surface area contributed by atoms with Gasteiger partial charge in [0.25, 0.3) is 0 Å². The van der Waals surface area contributed by atoms with E-state index in [4.69, 9.17) is 9.47 Å². The number of hydrogen-bond acceptors (Lipinski definition) is 5. The van der Waals surface area contributed by atoms with Crippen molar-refractivity contribution in [2.75, 3.05) is 47.0 Å². The van der Waals surface area contributed by atoms with E-state index in [9.17, 15) is 0 Å². The van der Waals surface area contributed by atoms with E-state index in [1.165, 1.54) is 24.1 Å². The molecule has 0 spiro atoms. The van der Waals surface area contributed by atoms with E-state index in [1.807, 2.05) is 7.05 Å². The maximum atomic E-state index is 6.53. The van der Waals surface area contributed by atoms with Gasteiger partial charge in [0, 0.05) is 57.1 Å². The van der Waals surface area contributed by atoms with Crippen molar-refractivity contribution in [3.05, 3.63) is 17.5 Å². The summed E-state index contributed by atoms with van der Waals surface area (Å²) in [5.74, 6) is 1.15. The molecule has 2 N–H and O–H groups in total. The highest BCUT2D eigenvalue weighted by Gasteiger charge is 2.39. The zero-order chi connectivity index (χ0) is 20.0. The van der Waals surface area contributed by atoms with Gasteiger partial charge in [0.2, 0.25) is 0 Å². The number of nitrogens with one attached hydrogen (secondary N) is 2. The summed E-state index contributed by atoms with van der Waals surface area (Å²) in [6.45, 7) is 10.4. The van der Waals surface area contributed by atoms with Crippen molar-refractivity contribution in [1.29, 1.82) is 0 Å². The van der Waals surface area contributed by atoms with Crippen molar-refractivity contribution in [1.82, 2.24) is 20.4 Å². The summed E-state index contributed by atoms with van der Waals surface area (Å²) in [5.41, 5.74) is 2.83. The first-order chi connectivity index (χ1) is 13.5. The fourth-order valence-electron chi connectivity index (χ4n) is 4.59. The van der Waals surface area contributed by atoms with E-state index >= 15 is 0 Å². The maximum absolute atomic E-state index is 6.53. The molecule has 0 amide bonds. The molecule has 1 aliphatic carbocycles. The largest absolute Gasteiger partial charge is 0.381 e. The van der Waals surface area contributed by atoms with Crippen LogP contribution in [0, 0.1) is 11.3 Å². The van der Waals surface area contributed by atoms with Crippen molar-refractivity contribution in [3.8, 4) is 0 Å². The van der Waals surface area contributed by atoms with Gasteiger partial charge in [-0.3, -0.25) is 5.10 Å². The average molecular weight is 393 g/mol. The Kier molecular flexibility index (Phi) is 7.92. The molecule has 1 saturated heterocycles. The predicted molar refractivity (Wildman–Crippen MR) is 113 cm³/mol. The summed E-state index contributed by atoms with van der Waals surface area (Å²) >= 11 is 0. The second-order valence-electron chi connectivity index (χ2n) is 9.47. The second kappa shape index (κ2) is 10.2. The van der Waals surface area contributed by atoms with E-state index in [1.54, 1.807) is 0 Å². The minimum absolute atomic E-state index is 0.238. The van der Waals surface area contributed by atoms with Gasteiger partial charge in [-0.1, -0.05) is 13.8 Å². The topological polar surface area (TPSA) is 62.4 Å². The minimum atomic E-state index is 0.238. The first-order valence-electron chi connectivity index (χ1n) is 11.0. The number of H-pyrrole nitrogens is 1. The van der Waals surface area contributed by atoms with Crippen molar-refractivity contribution in [3.63, 3.8) is 0 Å². The monoisotopic (exact) mass is 392 g/mol. The van der Waals surface area contributed by atoms with Crippen LogP contribution in [-0.2, 0) is 16.0 Å².